The Bertz CT molecular complexity index is 1450. The van der Waals surface area contributed by atoms with Gasteiger partial charge in [-0.05, 0) is 26.6 Å². The number of carbonyl (C=O) groups excluding carboxylic acids is 1. The van der Waals surface area contributed by atoms with Crippen LogP contribution >= 0.6 is 11.3 Å². The highest BCUT2D eigenvalue weighted by molar-refractivity contribution is 7.16. The van der Waals surface area contributed by atoms with Crippen LogP contribution in [-0.2, 0) is 17.5 Å². The summed E-state index contributed by atoms with van der Waals surface area (Å²) in [6.07, 6.45) is -2.14. The molecule has 0 aliphatic rings. The zero-order valence-corrected chi connectivity index (χ0v) is 22.7. The van der Waals surface area contributed by atoms with Crippen molar-refractivity contribution in [2.75, 3.05) is 41.5 Å². The van der Waals surface area contributed by atoms with Crippen molar-refractivity contribution in [3.8, 4) is 22.2 Å². The minimum absolute atomic E-state index is 0.0511. The largest absolute Gasteiger partial charge is 0.493 e. The Morgan fingerprint density at radius 2 is 1.82 bits per heavy atom. The van der Waals surface area contributed by atoms with E-state index in [-0.39, 0.29) is 22.8 Å². The molecular weight excluding hydrogens is 535 g/mol. The van der Waals surface area contributed by atoms with E-state index in [2.05, 4.69) is 9.88 Å². The summed E-state index contributed by atoms with van der Waals surface area (Å²) in [7, 11) is 6.75. The molecule has 0 unspecified atom stereocenters. The summed E-state index contributed by atoms with van der Waals surface area (Å²) < 4.78 is 64.1. The molecule has 4 rings (SSSR count). The number of aromatic nitrogens is 2. The molecule has 0 saturated heterocycles. The number of nitrogens with zero attached hydrogens (tertiary/aromatic N) is 3. The van der Waals surface area contributed by atoms with Crippen LogP contribution in [0.5, 0.6) is 17.2 Å². The molecule has 0 amide bonds. The van der Waals surface area contributed by atoms with E-state index in [1.807, 2.05) is 14.1 Å². The first kappa shape index (κ1) is 28.2. The average molecular weight is 564 g/mol. The Hall–Kier alpha value is -3.77. The number of benzene rings is 2. The number of rotatable bonds is 11. The van der Waals surface area contributed by atoms with Crippen LogP contribution in [0.4, 0.5) is 13.2 Å². The molecule has 2 aromatic carbocycles. The van der Waals surface area contributed by atoms with E-state index in [9.17, 15) is 18.0 Å². The van der Waals surface area contributed by atoms with Crippen LogP contribution in [0.15, 0.2) is 48.8 Å². The predicted octanol–water partition coefficient (Wildman–Crippen LogP) is 5.81. The SMILES string of the molecule is COC(=O)c1sc(-n2cnc3cc(OC)c(OCCCN(C)C)cc32)cc1OCc1ccccc1C(F)(F)F. The first-order valence-corrected chi connectivity index (χ1v) is 12.8. The number of ether oxygens (including phenoxy) is 4. The first-order chi connectivity index (χ1) is 18.6. The van der Waals surface area contributed by atoms with Gasteiger partial charge in [0.05, 0.1) is 37.4 Å². The van der Waals surface area contributed by atoms with Crippen molar-refractivity contribution in [3.05, 3.63) is 64.8 Å². The molecule has 0 fully saturated rings. The number of fused-ring (bicyclic) bond motifs is 1. The fourth-order valence-corrected chi connectivity index (χ4v) is 4.93. The molecule has 4 aromatic rings. The minimum atomic E-state index is -4.53. The third kappa shape index (κ3) is 6.45. The standard InChI is InChI=1S/C27H28F3N3O5S/c1-32(2)10-7-11-37-22-13-20-19(12-21(22)35-3)31-16-33(20)24-14-23(25(39-24)26(34)36-4)38-15-17-8-5-6-9-18(17)27(28,29)30/h5-6,8-9,12-14,16H,7,10-11,15H2,1-4H3. The van der Waals surface area contributed by atoms with Gasteiger partial charge in [-0.15, -0.1) is 11.3 Å². The number of esters is 1. The van der Waals surface area contributed by atoms with Crippen LogP contribution in [0.2, 0.25) is 0 Å². The zero-order valence-electron chi connectivity index (χ0n) is 21.9. The fraction of sp³-hybridized carbons (Fsp3) is 0.333. The number of halogens is 3. The second-order valence-corrected chi connectivity index (χ2v) is 9.86. The Balaban J connectivity index is 1.66. The third-order valence-corrected chi connectivity index (χ3v) is 6.93. The molecule has 0 saturated carbocycles. The lowest BCUT2D eigenvalue weighted by molar-refractivity contribution is -0.138. The van der Waals surface area contributed by atoms with Crippen molar-refractivity contribution in [1.82, 2.24) is 14.5 Å². The second kappa shape index (κ2) is 12.0. The molecule has 39 heavy (non-hydrogen) atoms. The average Bonchev–Trinajstić information content (AvgIpc) is 3.52. The van der Waals surface area contributed by atoms with E-state index in [1.54, 1.807) is 36.2 Å². The first-order valence-electron chi connectivity index (χ1n) is 12.0. The van der Waals surface area contributed by atoms with E-state index in [4.69, 9.17) is 18.9 Å². The Kier molecular flexibility index (Phi) is 8.66. The van der Waals surface area contributed by atoms with Crippen LogP contribution < -0.4 is 14.2 Å². The molecule has 8 nitrogen and oxygen atoms in total. The summed E-state index contributed by atoms with van der Waals surface area (Å²) in [5, 5.41) is 0.556. The number of hydrogen-bond donors (Lipinski definition) is 0. The van der Waals surface area contributed by atoms with Gasteiger partial charge in [-0.3, -0.25) is 4.57 Å². The molecular formula is C27H28F3N3O5S. The van der Waals surface area contributed by atoms with Gasteiger partial charge in [0.15, 0.2) is 16.4 Å². The molecule has 2 aromatic heterocycles. The van der Waals surface area contributed by atoms with Crippen molar-refractivity contribution < 1.29 is 36.9 Å². The normalized spacial score (nSPS) is 11.7. The summed E-state index contributed by atoms with van der Waals surface area (Å²) in [5.41, 5.74) is 0.463. The van der Waals surface area contributed by atoms with E-state index in [1.165, 1.54) is 25.3 Å². The molecule has 0 atom stereocenters. The molecule has 0 spiro atoms. The van der Waals surface area contributed by atoms with E-state index < -0.39 is 17.7 Å². The smallest absolute Gasteiger partial charge is 0.416 e. The Morgan fingerprint density at radius 1 is 1.05 bits per heavy atom. The van der Waals surface area contributed by atoms with Crippen molar-refractivity contribution in [2.24, 2.45) is 0 Å². The number of alkyl halides is 3. The molecule has 0 radical (unpaired) electrons. The number of hydrogen-bond acceptors (Lipinski definition) is 8. The Labute approximate surface area is 227 Å². The second-order valence-electron chi connectivity index (χ2n) is 8.82. The summed E-state index contributed by atoms with van der Waals surface area (Å²) in [4.78, 5) is 19.1. The van der Waals surface area contributed by atoms with Gasteiger partial charge in [0, 0.05) is 30.3 Å². The maximum absolute atomic E-state index is 13.4. The van der Waals surface area contributed by atoms with Crippen LogP contribution in [0.1, 0.15) is 27.2 Å². The maximum atomic E-state index is 13.4. The van der Waals surface area contributed by atoms with Gasteiger partial charge in [-0.1, -0.05) is 18.2 Å². The van der Waals surface area contributed by atoms with E-state index >= 15 is 0 Å². The van der Waals surface area contributed by atoms with Crippen LogP contribution in [0, 0.1) is 0 Å². The zero-order chi connectivity index (χ0) is 28.2. The fourth-order valence-electron chi connectivity index (χ4n) is 3.93. The topological polar surface area (TPSA) is 75.1 Å². The summed E-state index contributed by atoms with van der Waals surface area (Å²) in [6, 6.07) is 10.3. The number of methoxy groups -OCH3 is 2. The molecule has 2 heterocycles. The number of imidazole rings is 1. The van der Waals surface area contributed by atoms with Gasteiger partial charge in [-0.25, -0.2) is 9.78 Å². The van der Waals surface area contributed by atoms with Crippen LogP contribution in [0.3, 0.4) is 0 Å². The summed E-state index contributed by atoms with van der Waals surface area (Å²) >= 11 is 1.07. The monoisotopic (exact) mass is 563 g/mol. The molecule has 0 bridgehead atoms. The molecule has 12 heteroatoms. The maximum Gasteiger partial charge on any atom is 0.416 e. The lowest BCUT2D eigenvalue weighted by Crippen LogP contribution is -2.15. The van der Waals surface area contributed by atoms with E-state index in [0.29, 0.717) is 34.1 Å². The molecule has 0 aliphatic carbocycles. The van der Waals surface area contributed by atoms with Gasteiger partial charge in [0.25, 0.3) is 0 Å². The quantitative estimate of drug-likeness (QED) is 0.168. The van der Waals surface area contributed by atoms with Crippen LogP contribution in [0.25, 0.3) is 16.0 Å². The minimum Gasteiger partial charge on any atom is -0.493 e. The summed E-state index contributed by atoms with van der Waals surface area (Å²) in [5.74, 6) is 0.512. The van der Waals surface area contributed by atoms with Crippen molar-refractivity contribution in [2.45, 2.75) is 19.2 Å². The molecule has 0 aliphatic heterocycles. The lowest BCUT2D eigenvalue weighted by Gasteiger charge is -2.13. The van der Waals surface area contributed by atoms with Gasteiger partial charge >= 0.3 is 12.1 Å². The molecule has 0 N–H and O–H groups in total. The number of thiophene rings is 1. The highest BCUT2D eigenvalue weighted by atomic mass is 32.1. The van der Waals surface area contributed by atoms with Gasteiger partial charge < -0.3 is 23.8 Å². The third-order valence-electron chi connectivity index (χ3n) is 5.84. The highest BCUT2D eigenvalue weighted by Crippen LogP contribution is 2.38. The van der Waals surface area contributed by atoms with Crippen LogP contribution in [-0.4, -0.2) is 61.9 Å². The van der Waals surface area contributed by atoms with Crippen molar-refractivity contribution >= 4 is 28.3 Å². The van der Waals surface area contributed by atoms with Crippen molar-refractivity contribution in [3.63, 3.8) is 0 Å². The van der Waals surface area contributed by atoms with Gasteiger partial charge in [-0.2, -0.15) is 13.2 Å². The van der Waals surface area contributed by atoms with Crippen molar-refractivity contribution in [1.29, 1.82) is 0 Å². The van der Waals surface area contributed by atoms with E-state index in [0.717, 1.165) is 30.4 Å². The molecule has 208 valence electrons. The lowest BCUT2D eigenvalue weighted by atomic mass is 10.1. The number of carbonyl (C=O) groups is 1. The highest BCUT2D eigenvalue weighted by Gasteiger charge is 2.33. The van der Waals surface area contributed by atoms with Gasteiger partial charge in [0.2, 0.25) is 0 Å². The summed E-state index contributed by atoms with van der Waals surface area (Å²) in [6.45, 7) is 0.962. The Morgan fingerprint density at radius 3 is 2.51 bits per heavy atom. The predicted molar refractivity (Wildman–Crippen MR) is 141 cm³/mol. The van der Waals surface area contributed by atoms with Gasteiger partial charge in [0.1, 0.15) is 23.7 Å².